The van der Waals surface area contributed by atoms with E-state index in [0.29, 0.717) is 6.54 Å². The minimum absolute atomic E-state index is 0.0567. The highest BCUT2D eigenvalue weighted by Crippen LogP contribution is 2.30. The molecule has 2 unspecified atom stereocenters. The third-order valence-electron chi connectivity index (χ3n) is 4.23. The van der Waals surface area contributed by atoms with Crippen LogP contribution in [0.4, 0.5) is 11.4 Å². The van der Waals surface area contributed by atoms with E-state index >= 15 is 0 Å². The number of amides is 1. The first-order valence-corrected chi connectivity index (χ1v) is 7.25. The first-order valence-electron chi connectivity index (χ1n) is 7.25. The van der Waals surface area contributed by atoms with E-state index in [0.717, 1.165) is 43.0 Å². The number of likely N-dealkylation sites (tertiary alicyclic amines) is 1. The van der Waals surface area contributed by atoms with E-state index in [4.69, 9.17) is 0 Å². The molecule has 0 bridgehead atoms. The molecule has 0 radical (unpaired) electrons. The molecule has 0 aliphatic carbocycles. The lowest BCUT2D eigenvalue weighted by atomic mass is 10.0. The summed E-state index contributed by atoms with van der Waals surface area (Å²) in [4.78, 5) is 14.5. The van der Waals surface area contributed by atoms with Gasteiger partial charge in [-0.3, -0.25) is 4.79 Å². The van der Waals surface area contributed by atoms with Crippen LogP contribution in [-0.2, 0) is 0 Å². The van der Waals surface area contributed by atoms with E-state index in [1.54, 1.807) is 6.92 Å². The van der Waals surface area contributed by atoms with Crippen molar-refractivity contribution in [3.05, 3.63) is 23.8 Å². The van der Waals surface area contributed by atoms with Gasteiger partial charge in [-0.15, -0.1) is 0 Å². The normalized spacial score (nSPS) is 22.7. The van der Waals surface area contributed by atoms with Crippen molar-refractivity contribution in [1.82, 2.24) is 4.90 Å². The van der Waals surface area contributed by atoms with E-state index < -0.39 is 0 Å². The maximum Gasteiger partial charge on any atom is 0.256 e. The molecule has 0 saturated carbocycles. The molecule has 1 amide bonds. The van der Waals surface area contributed by atoms with Gasteiger partial charge in [0, 0.05) is 32.1 Å². The largest absolute Gasteiger partial charge is 0.393 e. The lowest BCUT2D eigenvalue weighted by Gasteiger charge is -2.24. The molecule has 1 saturated heterocycles. The van der Waals surface area contributed by atoms with Gasteiger partial charge in [-0.2, -0.15) is 0 Å². The molecule has 2 aliphatic heterocycles. The third kappa shape index (κ3) is 2.33. The molecule has 3 N–H and O–H groups in total. The van der Waals surface area contributed by atoms with Crippen LogP contribution >= 0.6 is 0 Å². The van der Waals surface area contributed by atoms with Gasteiger partial charge in [0.05, 0.1) is 23.0 Å². The SMILES string of the molecule is CC(O)C1CCN(C(=O)c2cccc3c2NCCN3)C1. The highest BCUT2D eigenvalue weighted by Gasteiger charge is 2.31. The van der Waals surface area contributed by atoms with Gasteiger partial charge >= 0.3 is 0 Å². The van der Waals surface area contributed by atoms with Crippen LogP contribution in [0.3, 0.4) is 0 Å². The maximum absolute atomic E-state index is 12.7. The number of benzene rings is 1. The number of hydrogen-bond donors (Lipinski definition) is 3. The van der Waals surface area contributed by atoms with E-state index in [1.807, 2.05) is 23.1 Å². The topological polar surface area (TPSA) is 64.6 Å². The molecule has 5 nitrogen and oxygen atoms in total. The van der Waals surface area contributed by atoms with Crippen LogP contribution in [0.1, 0.15) is 23.7 Å². The molecule has 3 rings (SSSR count). The number of para-hydroxylation sites is 1. The van der Waals surface area contributed by atoms with Crippen molar-refractivity contribution in [2.24, 2.45) is 5.92 Å². The van der Waals surface area contributed by atoms with E-state index in [2.05, 4.69) is 10.6 Å². The summed E-state index contributed by atoms with van der Waals surface area (Å²) >= 11 is 0. The molecule has 2 heterocycles. The van der Waals surface area contributed by atoms with E-state index in [9.17, 15) is 9.90 Å². The quantitative estimate of drug-likeness (QED) is 0.762. The van der Waals surface area contributed by atoms with Crippen LogP contribution in [0.2, 0.25) is 0 Å². The monoisotopic (exact) mass is 275 g/mol. The third-order valence-corrected chi connectivity index (χ3v) is 4.23. The number of fused-ring (bicyclic) bond motifs is 1. The predicted molar refractivity (Wildman–Crippen MR) is 79.1 cm³/mol. The summed E-state index contributed by atoms with van der Waals surface area (Å²) in [6.07, 6.45) is 0.529. The second-order valence-electron chi connectivity index (χ2n) is 5.62. The highest BCUT2D eigenvalue weighted by molar-refractivity contribution is 6.02. The zero-order chi connectivity index (χ0) is 14.1. The number of anilines is 2. The van der Waals surface area contributed by atoms with Crippen LogP contribution < -0.4 is 10.6 Å². The Morgan fingerprint density at radius 2 is 2.20 bits per heavy atom. The Balaban J connectivity index is 1.81. The summed E-state index contributed by atoms with van der Waals surface area (Å²) in [5.41, 5.74) is 2.62. The van der Waals surface area contributed by atoms with Crippen molar-refractivity contribution in [3.63, 3.8) is 0 Å². The molecule has 0 spiro atoms. The summed E-state index contributed by atoms with van der Waals surface area (Å²) in [7, 11) is 0. The molecule has 108 valence electrons. The first kappa shape index (κ1) is 13.2. The zero-order valence-corrected chi connectivity index (χ0v) is 11.7. The van der Waals surface area contributed by atoms with E-state index in [-0.39, 0.29) is 17.9 Å². The van der Waals surface area contributed by atoms with Gasteiger partial charge in [-0.25, -0.2) is 0 Å². The van der Waals surface area contributed by atoms with E-state index in [1.165, 1.54) is 0 Å². The molecule has 0 aromatic heterocycles. The number of nitrogens with zero attached hydrogens (tertiary/aromatic N) is 1. The number of aliphatic hydroxyl groups excluding tert-OH is 1. The van der Waals surface area contributed by atoms with Crippen molar-refractivity contribution < 1.29 is 9.90 Å². The molecular formula is C15H21N3O2. The second kappa shape index (κ2) is 5.32. The molecule has 20 heavy (non-hydrogen) atoms. The van der Waals surface area contributed by atoms with Crippen molar-refractivity contribution in [3.8, 4) is 0 Å². The van der Waals surface area contributed by atoms with Crippen molar-refractivity contribution in [2.45, 2.75) is 19.4 Å². The molecule has 1 aromatic rings. The molecular weight excluding hydrogens is 254 g/mol. The Morgan fingerprint density at radius 3 is 2.95 bits per heavy atom. The number of aliphatic hydroxyl groups is 1. The van der Waals surface area contributed by atoms with Gasteiger partial charge in [-0.1, -0.05) is 6.07 Å². The minimum Gasteiger partial charge on any atom is -0.393 e. The molecule has 2 atom stereocenters. The van der Waals surface area contributed by atoms with Crippen LogP contribution in [0.15, 0.2) is 18.2 Å². The molecule has 5 heteroatoms. The van der Waals surface area contributed by atoms with Gasteiger partial charge in [0.1, 0.15) is 0 Å². The Hall–Kier alpha value is -1.75. The summed E-state index contributed by atoms with van der Waals surface area (Å²) < 4.78 is 0. The Bertz CT molecular complexity index is 516. The maximum atomic E-state index is 12.7. The fraction of sp³-hybridized carbons (Fsp3) is 0.533. The lowest BCUT2D eigenvalue weighted by molar-refractivity contribution is 0.0763. The Kier molecular flexibility index (Phi) is 3.53. The second-order valence-corrected chi connectivity index (χ2v) is 5.62. The number of hydrogen-bond acceptors (Lipinski definition) is 4. The Labute approximate surface area is 119 Å². The van der Waals surface area contributed by atoms with Gasteiger partial charge in [0.2, 0.25) is 0 Å². The zero-order valence-electron chi connectivity index (χ0n) is 11.7. The van der Waals surface area contributed by atoms with Crippen molar-refractivity contribution in [1.29, 1.82) is 0 Å². The number of carbonyl (C=O) groups excluding carboxylic acids is 1. The van der Waals surface area contributed by atoms with Crippen LogP contribution in [0.5, 0.6) is 0 Å². The Morgan fingerprint density at radius 1 is 1.40 bits per heavy atom. The average molecular weight is 275 g/mol. The predicted octanol–water partition coefficient (Wildman–Crippen LogP) is 1.37. The summed E-state index contributed by atoms with van der Waals surface area (Å²) in [5, 5.41) is 16.3. The first-order chi connectivity index (χ1) is 9.66. The number of nitrogens with one attached hydrogen (secondary N) is 2. The van der Waals surface area contributed by atoms with Gasteiger partial charge in [-0.05, 0) is 25.5 Å². The summed E-state index contributed by atoms with van der Waals surface area (Å²) in [6.45, 7) is 4.87. The van der Waals surface area contributed by atoms with Crippen LogP contribution in [-0.4, -0.2) is 48.2 Å². The number of carbonyl (C=O) groups is 1. The molecule has 1 fully saturated rings. The summed E-state index contributed by atoms with van der Waals surface area (Å²) in [6, 6.07) is 5.77. The summed E-state index contributed by atoms with van der Waals surface area (Å²) in [5.74, 6) is 0.255. The highest BCUT2D eigenvalue weighted by atomic mass is 16.3. The average Bonchev–Trinajstić information content (AvgIpc) is 2.96. The fourth-order valence-corrected chi connectivity index (χ4v) is 2.99. The van der Waals surface area contributed by atoms with Crippen molar-refractivity contribution >= 4 is 17.3 Å². The fourth-order valence-electron chi connectivity index (χ4n) is 2.99. The molecule has 2 aliphatic rings. The standard InChI is InChI=1S/C15H21N3O2/c1-10(19)11-5-8-18(9-11)15(20)12-3-2-4-13-14(12)17-7-6-16-13/h2-4,10-11,16-17,19H,5-9H2,1H3. The van der Waals surface area contributed by atoms with Crippen LogP contribution in [0, 0.1) is 5.92 Å². The van der Waals surface area contributed by atoms with Gasteiger partial charge in [0.15, 0.2) is 0 Å². The lowest BCUT2D eigenvalue weighted by Crippen LogP contribution is -2.32. The van der Waals surface area contributed by atoms with Crippen molar-refractivity contribution in [2.75, 3.05) is 36.8 Å². The smallest absolute Gasteiger partial charge is 0.256 e. The number of rotatable bonds is 2. The van der Waals surface area contributed by atoms with Crippen LogP contribution in [0.25, 0.3) is 0 Å². The minimum atomic E-state index is -0.350. The molecule has 1 aromatic carbocycles. The van der Waals surface area contributed by atoms with Gasteiger partial charge in [0.25, 0.3) is 5.91 Å². The van der Waals surface area contributed by atoms with Gasteiger partial charge < -0.3 is 20.6 Å².